The minimum atomic E-state index is -2.64. The molecule has 0 heterocycles. The standard InChI is InChI=1S/C4H10O2.2C2H7O2P/c5-3-1-2-4-6;2*1-5(2,3)4/h5-6H,1-4H2;2*1-2H3,(H,3,4). The van der Waals surface area contributed by atoms with Crippen molar-refractivity contribution in [2.45, 2.75) is 12.8 Å². The molecule has 8 heteroatoms. The highest BCUT2D eigenvalue weighted by molar-refractivity contribution is 7.56. The van der Waals surface area contributed by atoms with Crippen LogP contribution in [0.2, 0.25) is 0 Å². The molecule has 0 spiro atoms. The number of aliphatic hydroxyl groups is 2. The molecule has 0 unspecified atom stereocenters. The third-order valence-electron chi connectivity index (χ3n) is 0.566. The van der Waals surface area contributed by atoms with Crippen molar-refractivity contribution in [2.24, 2.45) is 0 Å². The lowest BCUT2D eigenvalue weighted by Crippen LogP contribution is -1.85. The van der Waals surface area contributed by atoms with Crippen LogP contribution in [0.4, 0.5) is 0 Å². The van der Waals surface area contributed by atoms with Gasteiger partial charge in [0, 0.05) is 39.9 Å². The molecule has 0 radical (unpaired) electrons. The zero-order chi connectivity index (χ0) is 13.8. The van der Waals surface area contributed by atoms with E-state index in [1.807, 2.05) is 0 Å². The predicted molar refractivity (Wildman–Crippen MR) is 66.8 cm³/mol. The van der Waals surface area contributed by atoms with Crippen LogP contribution in [-0.2, 0) is 9.13 Å². The Morgan fingerprint density at radius 3 is 0.938 bits per heavy atom. The summed E-state index contributed by atoms with van der Waals surface area (Å²) in [5.41, 5.74) is 0. The Balaban J connectivity index is -0.000000160. The molecular weight excluding hydrogens is 254 g/mol. The monoisotopic (exact) mass is 278 g/mol. The summed E-state index contributed by atoms with van der Waals surface area (Å²) in [4.78, 5) is 16.2. The van der Waals surface area contributed by atoms with Gasteiger partial charge in [-0.25, -0.2) is 0 Å². The Morgan fingerprint density at radius 1 is 0.750 bits per heavy atom. The van der Waals surface area contributed by atoms with Crippen molar-refractivity contribution in [3.8, 4) is 0 Å². The number of hydrogen-bond acceptors (Lipinski definition) is 4. The molecule has 16 heavy (non-hydrogen) atoms. The second-order valence-electron chi connectivity index (χ2n) is 3.74. The smallest absolute Gasteiger partial charge is 0.194 e. The number of unbranched alkanes of at least 4 members (excludes halogenated alkanes) is 1. The molecule has 0 aromatic carbocycles. The van der Waals surface area contributed by atoms with Gasteiger partial charge in [0.15, 0.2) is 14.7 Å². The van der Waals surface area contributed by atoms with Crippen molar-refractivity contribution in [1.82, 2.24) is 0 Å². The number of aliphatic hydroxyl groups excluding tert-OH is 2. The van der Waals surface area contributed by atoms with Gasteiger partial charge in [0.1, 0.15) is 0 Å². The van der Waals surface area contributed by atoms with E-state index in [0.29, 0.717) is 0 Å². The molecule has 0 saturated carbocycles. The van der Waals surface area contributed by atoms with E-state index in [0.717, 1.165) is 12.8 Å². The third-order valence-corrected chi connectivity index (χ3v) is 0.566. The molecular formula is C8H24O6P2. The van der Waals surface area contributed by atoms with Crippen LogP contribution in [-0.4, -0.2) is 59.9 Å². The van der Waals surface area contributed by atoms with Gasteiger partial charge < -0.3 is 20.0 Å². The Kier molecular flexibility index (Phi) is 15.9. The van der Waals surface area contributed by atoms with Gasteiger partial charge in [0.05, 0.1) is 0 Å². The first-order chi connectivity index (χ1) is 6.91. The van der Waals surface area contributed by atoms with Gasteiger partial charge in [-0.1, -0.05) is 0 Å². The summed E-state index contributed by atoms with van der Waals surface area (Å²) in [6, 6.07) is 0. The van der Waals surface area contributed by atoms with Crippen LogP contribution in [0.15, 0.2) is 0 Å². The highest BCUT2D eigenvalue weighted by Gasteiger charge is 1.92. The summed E-state index contributed by atoms with van der Waals surface area (Å²) >= 11 is 0. The van der Waals surface area contributed by atoms with Gasteiger partial charge in [-0.2, -0.15) is 0 Å². The van der Waals surface area contributed by atoms with Crippen LogP contribution in [0.3, 0.4) is 0 Å². The molecule has 0 aromatic heterocycles. The van der Waals surface area contributed by atoms with Gasteiger partial charge in [0.2, 0.25) is 0 Å². The maximum atomic E-state index is 9.77. The quantitative estimate of drug-likeness (QED) is 0.448. The zero-order valence-corrected chi connectivity index (χ0v) is 12.1. The van der Waals surface area contributed by atoms with Crippen LogP contribution >= 0.6 is 14.7 Å². The van der Waals surface area contributed by atoms with Crippen LogP contribution in [0, 0.1) is 0 Å². The van der Waals surface area contributed by atoms with Crippen molar-refractivity contribution in [3.63, 3.8) is 0 Å². The van der Waals surface area contributed by atoms with E-state index < -0.39 is 14.7 Å². The van der Waals surface area contributed by atoms with E-state index in [9.17, 15) is 9.13 Å². The van der Waals surface area contributed by atoms with Crippen molar-refractivity contribution < 1.29 is 29.1 Å². The van der Waals surface area contributed by atoms with E-state index in [1.54, 1.807) is 0 Å². The van der Waals surface area contributed by atoms with Crippen LogP contribution in [0.25, 0.3) is 0 Å². The fourth-order valence-electron chi connectivity index (χ4n) is 0.224. The molecule has 0 bridgehead atoms. The largest absolute Gasteiger partial charge is 0.396 e. The summed E-state index contributed by atoms with van der Waals surface area (Å²) < 4.78 is 19.5. The van der Waals surface area contributed by atoms with Crippen molar-refractivity contribution in [1.29, 1.82) is 0 Å². The first-order valence-corrected chi connectivity index (χ1v) is 9.79. The second kappa shape index (κ2) is 11.8. The van der Waals surface area contributed by atoms with Crippen LogP contribution < -0.4 is 0 Å². The third kappa shape index (κ3) is 232. The molecule has 0 saturated heterocycles. The maximum Gasteiger partial charge on any atom is 0.194 e. The highest BCUT2D eigenvalue weighted by Crippen LogP contribution is 2.28. The highest BCUT2D eigenvalue weighted by atomic mass is 31.2. The van der Waals surface area contributed by atoms with Crippen molar-refractivity contribution in [2.75, 3.05) is 39.9 Å². The van der Waals surface area contributed by atoms with E-state index in [4.69, 9.17) is 20.0 Å². The predicted octanol–water partition coefficient (Wildman–Crippen LogP) is 0.784. The van der Waals surface area contributed by atoms with Crippen molar-refractivity contribution >= 4 is 14.7 Å². The van der Waals surface area contributed by atoms with Gasteiger partial charge in [0.25, 0.3) is 0 Å². The van der Waals surface area contributed by atoms with Gasteiger partial charge in [-0.15, -0.1) is 0 Å². The van der Waals surface area contributed by atoms with Gasteiger partial charge in [-0.3, -0.25) is 9.13 Å². The molecule has 6 nitrogen and oxygen atoms in total. The summed E-state index contributed by atoms with van der Waals surface area (Å²) in [6.07, 6.45) is 1.44. The SMILES string of the molecule is CP(C)(=O)O.CP(C)(=O)O.OCCCCO. The van der Waals surface area contributed by atoms with Gasteiger partial charge in [-0.05, 0) is 12.8 Å². The molecule has 102 valence electrons. The molecule has 0 aliphatic heterocycles. The van der Waals surface area contributed by atoms with E-state index in [2.05, 4.69) is 0 Å². The summed E-state index contributed by atoms with van der Waals surface area (Å²) in [5, 5.41) is 16.2. The summed E-state index contributed by atoms with van der Waals surface area (Å²) in [7, 11) is -5.28. The average molecular weight is 278 g/mol. The lowest BCUT2D eigenvalue weighted by atomic mass is 10.3. The molecule has 0 aliphatic carbocycles. The minimum absolute atomic E-state index is 0.195. The summed E-state index contributed by atoms with van der Waals surface area (Å²) in [5.74, 6) is 0. The fourth-order valence-corrected chi connectivity index (χ4v) is 0.224. The van der Waals surface area contributed by atoms with Crippen LogP contribution in [0.5, 0.6) is 0 Å². The lowest BCUT2D eigenvalue weighted by molar-refractivity contribution is 0.242. The average Bonchev–Trinajstić information content (AvgIpc) is 1.94. The zero-order valence-electron chi connectivity index (χ0n) is 10.3. The maximum absolute atomic E-state index is 9.77. The van der Waals surface area contributed by atoms with Crippen molar-refractivity contribution in [3.05, 3.63) is 0 Å². The first kappa shape index (κ1) is 21.6. The minimum Gasteiger partial charge on any atom is -0.396 e. The second-order valence-corrected chi connectivity index (χ2v) is 8.92. The van der Waals surface area contributed by atoms with E-state index >= 15 is 0 Å². The fraction of sp³-hybridized carbons (Fsp3) is 1.00. The van der Waals surface area contributed by atoms with Gasteiger partial charge >= 0.3 is 0 Å². The van der Waals surface area contributed by atoms with E-state index in [1.165, 1.54) is 26.7 Å². The Bertz CT molecular complexity index is 178. The molecule has 0 aliphatic rings. The molecule has 0 fully saturated rings. The normalized spacial score (nSPS) is 10.8. The Morgan fingerprint density at radius 2 is 0.875 bits per heavy atom. The molecule has 0 rings (SSSR count). The van der Waals surface area contributed by atoms with Crippen LogP contribution in [0.1, 0.15) is 12.8 Å². The molecule has 4 N–H and O–H groups in total. The molecule has 0 aromatic rings. The van der Waals surface area contributed by atoms with E-state index in [-0.39, 0.29) is 13.2 Å². The Hall–Kier alpha value is 0.300. The molecule has 0 atom stereocenters. The molecule has 0 amide bonds. The topological polar surface area (TPSA) is 115 Å². The first-order valence-electron chi connectivity index (χ1n) is 4.69. The Labute approximate surface area is 97.2 Å². The number of hydrogen-bond donors (Lipinski definition) is 4. The number of rotatable bonds is 3. The lowest BCUT2D eigenvalue weighted by Gasteiger charge is -1.86. The summed E-state index contributed by atoms with van der Waals surface area (Å²) in [6.45, 7) is 5.58.